The Labute approximate surface area is 106 Å². The largest absolute Gasteiger partial charge is 0.399 e. The molecule has 1 aliphatic heterocycles. The number of rotatable bonds is 3. The zero-order valence-corrected chi connectivity index (χ0v) is 11.4. The smallest absolute Gasteiger partial charge is 0.204 e. The van der Waals surface area contributed by atoms with Gasteiger partial charge in [-0.25, -0.2) is 16.8 Å². The van der Waals surface area contributed by atoms with Gasteiger partial charge >= 0.3 is 0 Å². The van der Waals surface area contributed by atoms with Crippen LogP contribution in [-0.2, 0) is 19.7 Å². The Morgan fingerprint density at radius 2 is 1.94 bits per heavy atom. The topological polar surface area (TPSA) is 94.3 Å². The molecule has 0 aliphatic carbocycles. The van der Waals surface area contributed by atoms with Crippen molar-refractivity contribution in [1.29, 1.82) is 0 Å². The van der Waals surface area contributed by atoms with Gasteiger partial charge in [-0.15, -0.1) is 0 Å². The Balaban J connectivity index is 2.52. The highest BCUT2D eigenvalue weighted by Crippen LogP contribution is 2.34. The number of fused-ring (bicyclic) bond motifs is 1. The molecule has 1 heterocycles. The van der Waals surface area contributed by atoms with Crippen LogP contribution >= 0.6 is 0 Å². The van der Waals surface area contributed by atoms with Crippen LogP contribution in [0.2, 0.25) is 0 Å². The average Bonchev–Trinajstić information content (AvgIpc) is 2.49. The molecule has 98 valence electrons. The summed E-state index contributed by atoms with van der Waals surface area (Å²) in [6.07, 6.45) is 1.38. The highest BCUT2D eigenvalue weighted by atomic mass is 32.2. The molecular formula is C11H13NO4S2. The van der Waals surface area contributed by atoms with E-state index in [1.165, 1.54) is 31.2 Å². The standard InChI is InChI=1S/C11H13NO4S2/c1-2-17(13,14)7-10-6-8-5-9(12)3-4-11(8)18(10,15)16/h3-6H,2,7,12H2,1H3. The van der Waals surface area contributed by atoms with Crippen molar-refractivity contribution < 1.29 is 16.8 Å². The summed E-state index contributed by atoms with van der Waals surface area (Å²) < 4.78 is 47.3. The van der Waals surface area contributed by atoms with Gasteiger partial charge in [0.25, 0.3) is 0 Å². The number of benzene rings is 1. The predicted molar refractivity (Wildman–Crippen MR) is 70.3 cm³/mol. The summed E-state index contributed by atoms with van der Waals surface area (Å²) in [4.78, 5) is 0.0444. The van der Waals surface area contributed by atoms with Gasteiger partial charge in [-0.1, -0.05) is 6.92 Å². The van der Waals surface area contributed by atoms with Gasteiger partial charge in [0, 0.05) is 11.4 Å². The van der Waals surface area contributed by atoms with E-state index in [1.54, 1.807) is 0 Å². The molecule has 0 aromatic heterocycles. The van der Waals surface area contributed by atoms with E-state index in [1.807, 2.05) is 0 Å². The summed E-state index contributed by atoms with van der Waals surface area (Å²) in [5, 5.41) is 0. The van der Waals surface area contributed by atoms with Crippen LogP contribution in [0.3, 0.4) is 0 Å². The van der Waals surface area contributed by atoms with Gasteiger partial charge in [0.15, 0.2) is 9.84 Å². The van der Waals surface area contributed by atoms with E-state index in [-0.39, 0.29) is 15.6 Å². The van der Waals surface area contributed by atoms with Crippen LogP contribution in [0.4, 0.5) is 5.69 Å². The number of anilines is 1. The van der Waals surface area contributed by atoms with Crippen molar-refractivity contribution in [3.05, 3.63) is 28.7 Å². The van der Waals surface area contributed by atoms with Crippen molar-refractivity contribution in [3.8, 4) is 0 Å². The van der Waals surface area contributed by atoms with Crippen LogP contribution < -0.4 is 5.73 Å². The molecule has 0 spiro atoms. The molecule has 18 heavy (non-hydrogen) atoms. The first-order chi connectivity index (χ1) is 8.26. The molecule has 0 atom stereocenters. The molecule has 0 saturated heterocycles. The molecule has 0 radical (unpaired) electrons. The van der Waals surface area contributed by atoms with Crippen LogP contribution in [0.15, 0.2) is 28.0 Å². The molecule has 2 rings (SSSR count). The molecule has 0 saturated carbocycles. The zero-order valence-electron chi connectivity index (χ0n) is 9.75. The Hall–Kier alpha value is -1.34. The maximum atomic E-state index is 12.1. The number of nitrogen functional groups attached to an aromatic ring is 1. The van der Waals surface area contributed by atoms with Crippen molar-refractivity contribution in [2.75, 3.05) is 17.2 Å². The summed E-state index contributed by atoms with van der Waals surface area (Å²) in [6.45, 7) is 1.49. The molecular weight excluding hydrogens is 274 g/mol. The summed E-state index contributed by atoms with van der Waals surface area (Å²) in [7, 11) is -7.06. The molecule has 5 nitrogen and oxygen atoms in total. The fourth-order valence-electron chi connectivity index (χ4n) is 1.75. The lowest BCUT2D eigenvalue weighted by Crippen LogP contribution is -2.14. The van der Waals surface area contributed by atoms with E-state index in [9.17, 15) is 16.8 Å². The van der Waals surface area contributed by atoms with E-state index >= 15 is 0 Å². The van der Waals surface area contributed by atoms with Gasteiger partial charge in [0.2, 0.25) is 9.84 Å². The minimum absolute atomic E-state index is 0.0787. The summed E-state index contributed by atoms with van der Waals surface area (Å²) in [6, 6.07) is 4.42. The van der Waals surface area contributed by atoms with E-state index in [4.69, 9.17) is 5.73 Å². The molecule has 0 unspecified atom stereocenters. The van der Waals surface area contributed by atoms with Crippen LogP contribution in [0.1, 0.15) is 12.5 Å². The second-order valence-electron chi connectivity index (χ2n) is 4.09. The van der Waals surface area contributed by atoms with Gasteiger partial charge in [-0.3, -0.25) is 0 Å². The summed E-state index contributed by atoms with van der Waals surface area (Å²) in [5.41, 5.74) is 6.48. The van der Waals surface area contributed by atoms with E-state index in [2.05, 4.69) is 0 Å². The Morgan fingerprint density at radius 3 is 2.56 bits per heavy atom. The highest BCUT2D eigenvalue weighted by molar-refractivity contribution is 7.98. The van der Waals surface area contributed by atoms with Crippen molar-refractivity contribution in [2.24, 2.45) is 0 Å². The summed E-state index contributed by atoms with van der Waals surface area (Å²) >= 11 is 0. The molecule has 0 bridgehead atoms. The maximum Gasteiger partial charge on any atom is 0.204 e. The zero-order chi connectivity index (χ0) is 13.6. The third kappa shape index (κ3) is 2.15. The van der Waals surface area contributed by atoms with Crippen molar-refractivity contribution in [1.82, 2.24) is 0 Å². The molecule has 1 aliphatic rings. The molecule has 1 aromatic carbocycles. The first-order valence-electron chi connectivity index (χ1n) is 5.32. The van der Waals surface area contributed by atoms with E-state index in [0.717, 1.165) is 0 Å². The van der Waals surface area contributed by atoms with Crippen LogP contribution in [-0.4, -0.2) is 28.3 Å². The average molecular weight is 287 g/mol. The van der Waals surface area contributed by atoms with Crippen molar-refractivity contribution in [2.45, 2.75) is 11.8 Å². The first kappa shape index (κ1) is 13.1. The maximum absolute atomic E-state index is 12.1. The van der Waals surface area contributed by atoms with Gasteiger partial charge in [0.1, 0.15) is 0 Å². The number of sulfone groups is 2. The Bertz CT molecular complexity index is 730. The second-order valence-corrected chi connectivity index (χ2v) is 8.41. The van der Waals surface area contributed by atoms with Crippen LogP contribution in [0.5, 0.6) is 0 Å². The van der Waals surface area contributed by atoms with Crippen LogP contribution in [0.25, 0.3) is 6.08 Å². The fourth-order valence-corrected chi connectivity index (χ4v) is 4.87. The normalized spacial score (nSPS) is 17.3. The fraction of sp³-hybridized carbons (Fsp3) is 0.273. The monoisotopic (exact) mass is 287 g/mol. The Morgan fingerprint density at radius 1 is 1.28 bits per heavy atom. The van der Waals surface area contributed by atoms with Crippen molar-refractivity contribution >= 4 is 31.4 Å². The molecule has 7 heteroatoms. The third-order valence-corrected chi connectivity index (χ3v) is 6.50. The lowest BCUT2D eigenvalue weighted by Gasteiger charge is -2.04. The van der Waals surface area contributed by atoms with Gasteiger partial charge in [-0.2, -0.15) is 0 Å². The molecule has 1 aromatic rings. The van der Waals surface area contributed by atoms with Crippen LogP contribution in [0, 0.1) is 0 Å². The van der Waals surface area contributed by atoms with Gasteiger partial charge in [0.05, 0.1) is 15.6 Å². The SMILES string of the molecule is CCS(=O)(=O)CC1=Cc2cc(N)ccc2S1(=O)=O. The quantitative estimate of drug-likeness (QED) is 0.831. The molecule has 0 amide bonds. The summed E-state index contributed by atoms with van der Waals surface area (Å²) in [5.74, 6) is -0.543. The first-order valence-corrected chi connectivity index (χ1v) is 8.62. The highest BCUT2D eigenvalue weighted by Gasteiger charge is 2.32. The third-order valence-electron chi connectivity index (χ3n) is 2.79. The number of hydrogen-bond acceptors (Lipinski definition) is 5. The number of hydrogen-bond donors (Lipinski definition) is 1. The lowest BCUT2D eigenvalue weighted by molar-refractivity contribution is 0.594. The Kier molecular flexibility index (Phi) is 2.98. The van der Waals surface area contributed by atoms with E-state index in [0.29, 0.717) is 11.3 Å². The molecule has 2 N–H and O–H groups in total. The van der Waals surface area contributed by atoms with Gasteiger partial charge < -0.3 is 5.73 Å². The minimum atomic E-state index is -3.68. The van der Waals surface area contributed by atoms with E-state index < -0.39 is 25.4 Å². The molecule has 0 fully saturated rings. The predicted octanol–water partition coefficient (Wildman–Crippen LogP) is 0.832. The minimum Gasteiger partial charge on any atom is -0.399 e. The van der Waals surface area contributed by atoms with Crippen molar-refractivity contribution in [3.63, 3.8) is 0 Å². The number of nitrogens with two attached hydrogens (primary N) is 1. The van der Waals surface area contributed by atoms with Gasteiger partial charge in [-0.05, 0) is 29.8 Å². The second kappa shape index (κ2) is 4.10. The lowest BCUT2D eigenvalue weighted by atomic mass is 10.2.